The lowest BCUT2D eigenvalue weighted by Gasteiger charge is -2.24. The Morgan fingerprint density at radius 1 is 0.825 bits per heavy atom. The number of carboxylic acids is 1. The molecule has 7 heteroatoms. The number of ether oxygens (including phenoxy) is 1. The van der Waals surface area contributed by atoms with Crippen molar-refractivity contribution in [3.05, 3.63) is 120 Å². The summed E-state index contributed by atoms with van der Waals surface area (Å²) in [6.45, 7) is 0.390. The molecular weight excluding hydrogens is 504 g/mol. The van der Waals surface area contributed by atoms with Crippen molar-refractivity contribution in [2.45, 2.75) is 6.54 Å². The first kappa shape index (κ1) is 28.1. The third-order valence-corrected chi connectivity index (χ3v) is 6.32. The maximum atomic E-state index is 13.8. The molecule has 4 aromatic rings. The molecule has 0 radical (unpaired) electrons. The van der Waals surface area contributed by atoms with Gasteiger partial charge in [0.25, 0.3) is 5.91 Å². The number of aliphatic hydroxyl groups excluding tert-OH is 1. The third kappa shape index (κ3) is 7.36. The van der Waals surface area contributed by atoms with Gasteiger partial charge >= 0.3 is 5.97 Å². The predicted octanol–water partition coefficient (Wildman–Crippen LogP) is 5.74. The predicted molar refractivity (Wildman–Crippen MR) is 159 cm³/mol. The highest BCUT2D eigenvalue weighted by molar-refractivity contribution is 6.06. The molecule has 0 spiro atoms. The summed E-state index contributed by atoms with van der Waals surface area (Å²) in [5, 5.41) is 18.0. The van der Waals surface area contributed by atoms with Gasteiger partial charge in [0.1, 0.15) is 12.4 Å². The number of anilines is 2. The zero-order chi connectivity index (χ0) is 28.5. The van der Waals surface area contributed by atoms with Gasteiger partial charge in [-0.05, 0) is 76.9 Å². The van der Waals surface area contributed by atoms with Gasteiger partial charge in [-0.3, -0.25) is 4.79 Å². The fourth-order valence-corrected chi connectivity index (χ4v) is 4.19. The summed E-state index contributed by atoms with van der Waals surface area (Å²) in [7, 11) is 4.02. The van der Waals surface area contributed by atoms with Crippen molar-refractivity contribution in [1.82, 2.24) is 0 Å². The fraction of sp³-hybridized carbons (Fsp3) is 0.152. The van der Waals surface area contributed by atoms with E-state index in [9.17, 15) is 9.59 Å². The van der Waals surface area contributed by atoms with Gasteiger partial charge in [0.15, 0.2) is 0 Å². The van der Waals surface area contributed by atoms with Gasteiger partial charge in [-0.25, -0.2) is 4.79 Å². The molecule has 2 N–H and O–H groups in total. The fourth-order valence-electron chi connectivity index (χ4n) is 4.19. The molecular formula is C33H32N2O5. The van der Waals surface area contributed by atoms with Gasteiger partial charge in [-0.1, -0.05) is 48.5 Å². The second kappa shape index (κ2) is 13.3. The summed E-state index contributed by atoms with van der Waals surface area (Å²) < 4.78 is 5.43. The zero-order valence-electron chi connectivity index (χ0n) is 22.5. The summed E-state index contributed by atoms with van der Waals surface area (Å²) in [5.41, 5.74) is 6.03. The van der Waals surface area contributed by atoms with Gasteiger partial charge in [-0.15, -0.1) is 0 Å². The third-order valence-electron chi connectivity index (χ3n) is 6.32. The van der Waals surface area contributed by atoms with Crippen molar-refractivity contribution in [2.24, 2.45) is 0 Å². The number of benzene rings is 4. The number of carboxylic acid groups (broad SMARTS) is 1. The number of hydrogen-bond donors (Lipinski definition) is 2. The van der Waals surface area contributed by atoms with Crippen LogP contribution in [0.3, 0.4) is 0 Å². The second-order valence-corrected chi connectivity index (χ2v) is 9.39. The van der Waals surface area contributed by atoms with Crippen LogP contribution in [0, 0.1) is 0 Å². The Balaban J connectivity index is 1.62. The molecule has 1 amide bonds. The number of carbonyl (C=O) groups is 2. The summed E-state index contributed by atoms with van der Waals surface area (Å²) in [6.07, 6.45) is 2.57. The highest BCUT2D eigenvalue weighted by atomic mass is 16.5. The van der Waals surface area contributed by atoms with Crippen LogP contribution in [-0.4, -0.2) is 49.4 Å². The molecule has 0 atom stereocenters. The zero-order valence-corrected chi connectivity index (χ0v) is 22.5. The Bertz CT molecular complexity index is 1460. The minimum Gasteiger partial charge on any atom is -0.491 e. The standard InChI is InChI=1S/C33H32N2O5/c1-34(2)29-15-11-27(12-16-29)26-9-6-25(7-10-26)23-35(30-5-3-4-24(22-30)8-19-32(37)38)33(39)28-13-17-31(18-14-28)40-21-20-36/h3-19,22,36H,20-21,23H2,1-2H3,(H,37,38). The normalized spacial score (nSPS) is 10.9. The highest BCUT2D eigenvalue weighted by Gasteiger charge is 2.19. The SMILES string of the molecule is CN(C)c1ccc(-c2ccc(CN(C(=O)c3ccc(OCCO)cc3)c3cccc(C=CC(=O)O)c3)cc2)cc1. The lowest BCUT2D eigenvalue weighted by Crippen LogP contribution is -2.30. The van der Waals surface area contributed by atoms with Crippen molar-refractivity contribution < 1.29 is 24.5 Å². The van der Waals surface area contributed by atoms with Crippen molar-refractivity contribution in [3.63, 3.8) is 0 Å². The molecule has 0 heterocycles. The van der Waals surface area contributed by atoms with Crippen LogP contribution in [-0.2, 0) is 11.3 Å². The Hall–Kier alpha value is -4.88. The molecule has 0 saturated carbocycles. The van der Waals surface area contributed by atoms with Crippen LogP contribution in [0.4, 0.5) is 11.4 Å². The van der Waals surface area contributed by atoms with Crippen LogP contribution in [0.25, 0.3) is 17.2 Å². The molecule has 4 rings (SSSR count). The lowest BCUT2D eigenvalue weighted by molar-refractivity contribution is -0.131. The van der Waals surface area contributed by atoms with Gasteiger partial charge in [0, 0.05) is 37.1 Å². The smallest absolute Gasteiger partial charge is 0.328 e. The Kier molecular flexibility index (Phi) is 9.33. The van der Waals surface area contributed by atoms with Gasteiger partial charge in [0.2, 0.25) is 0 Å². The quantitative estimate of drug-likeness (QED) is 0.238. The molecule has 0 unspecified atom stereocenters. The summed E-state index contributed by atoms with van der Waals surface area (Å²) >= 11 is 0. The maximum absolute atomic E-state index is 13.8. The molecule has 0 fully saturated rings. The van der Waals surface area contributed by atoms with E-state index in [1.54, 1.807) is 47.4 Å². The number of aliphatic hydroxyl groups is 1. The van der Waals surface area contributed by atoms with Crippen molar-refractivity contribution in [3.8, 4) is 16.9 Å². The molecule has 0 bridgehead atoms. The Morgan fingerprint density at radius 2 is 1.48 bits per heavy atom. The Morgan fingerprint density at radius 3 is 2.08 bits per heavy atom. The van der Waals surface area contributed by atoms with Crippen LogP contribution in [0.1, 0.15) is 21.5 Å². The molecule has 0 aliphatic carbocycles. The number of rotatable bonds is 11. The first-order chi connectivity index (χ1) is 19.3. The van der Waals surface area contributed by atoms with E-state index < -0.39 is 5.97 Å². The van der Waals surface area contributed by atoms with Crippen LogP contribution >= 0.6 is 0 Å². The summed E-state index contributed by atoms with van der Waals surface area (Å²) in [6, 6.07) is 30.4. The van der Waals surface area contributed by atoms with E-state index in [0.29, 0.717) is 29.1 Å². The minimum absolute atomic E-state index is 0.0959. The van der Waals surface area contributed by atoms with E-state index in [1.165, 1.54) is 6.08 Å². The average molecular weight is 537 g/mol. The van der Waals surface area contributed by atoms with E-state index in [1.807, 2.05) is 44.4 Å². The highest BCUT2D eigenvalue weighted by Crippen LogP contribution is 2.26. The van der Waals surface area contributed by atoms with Crippen LogP contribution < -0.4 is 14.5 Å². The number of aliphatic carboxylic acids is 1. The Labute approximate surface area is 234 Å². The monoisotopic (exact) mass is 536 g/mol. The number of amides is 1. The summed E-state index contributed by atoms with van der Waals surface area (Å²) in [5.74, 6) is -0.693. The first-order valence-electron chi connectivity index (χ1n) is 12.9. The minimum atomic E-state index is -1.04. The molecule has 204 valence electrons. The van der Waals surface area contributed by atoms with Gasteiger partial charge in [0.05, 0.1) is 13.2 Å². The van der Waals surface area contributed by atoms with E-state index in [-0.39, 0.29) is 19.1 Å². The molecule has 4 aromatic carbocycles. The number of nitrogens with zero attached hydrogens (tertiary/aromatic N) is 2. The van der Waals surface area contributed by atoms with Crippen LogP contribution in [0.5, 0.6) is 5.75 Å². The van der Waals surface area contributed by atoms with E-state index in [2.05, 4.69) is 29.2 Å². The molecule has 0 aromatic heterocycles. The molecule has 40 heavy (non-hydrogen) atoms. The van der Waals surface area contributed by atoms with Crippen molar-refractivity contribution >= 4 is 29.3 Å². The van der Waals surface area contributed by atoms with Crippen molar-refractivity contribution in [2.75, 3.05) is 37.1 Å². The average Bonchev–Trinajstić information content (AvgIpc) is 2.98. The van der Waals surface area contributed by atoms with E-state index >= 15 is 0 Å². The lowest BCUT2D eigenvalue weighted by atomic mass is 10.0. The maximum Gasteiger partial charge on any atom is 0.328 e. The van der Waals surface area contributed by atoms with Crippen LogP contribution in [0.2, 0.25) is 0 Å². The largest absolute Gasteiger partial charge is 0.491 e. The van der Waals surface area contributed by atoms with Crippen molar-refractivity contribution in [1.29, 1.82) is 0 Å². The van der Waals surface area contributed by atoms with E-state index in [4.69, 9.17) is 14.9 Å². The second-order valence-electron chi connectivity index (χ2n) is 9.39. The van der Waals surface area contributed by atoms with Gasteiger partial charge < -0.3 is 24.7 Å². The van der Waals surface area contributed by atoms with Crippen LogP contribution in [0.15, 0.2) is 103 Å². The molecule has 0 aliphatic rings. The molecule has 0 saturated heterocycles. The molecule has 0 aliphatic heterocycles. The number of carbonyl (C=O) groups excluding carboxylic acids is 1. The number of hydrogen-bond acceptors (Lipinski definition) is 5. The first-order valence-corrected chi connectivity index (χ1v) is 12.9. The van der Waals surface area contributed by atoms with Gasteiger partial charge in [-0.2, -0.15) is 0 Å². The van der Waals surface area contributed by atoms with E-state index in [0.717, 1.165) is 28.5 Å². The molecule has 7 nitrogen and oxygen atoms in total. The topological polar surface area (TPSA) is 90.3 Å². The summed E-state index contributed by atoms with van der Waals surface area (Å²) in [4.78, 5) is 28.5.